The van der Waals surface area contributed by atoms with Gasteiger partial charge in [0, 0.05) is 34.4 Å². The number of carbonyl (C=O) groups is 4. The van der Waals surface area contributed by atoms with Gasteiger partial charge in [0.15, 0.2) is 0 Å². The summed E-state index contributed by atoms with van der Waals surface area (Å²) in [5.74, 6) is -1.71. The molecule has 3 rings (SSSR count). The third-order valence-electron chi connectivity index (χ3n) is 11.2. The number of Topliss-reactive ketones (excluding diaryl/α,β-unsaturated/α-hetero) is 1. The maximum atomic E-state index is 15.3. The van der Waals surface area contributed by atoms with Crippen molar-refractivity contribution >= 4 is 34.3 Å². The Kier molecular flexibility index (Phi) is 12.9. The standard InChI is InChI=1S/C37H63N3O5S/c1-10-17-27(29(41)32(43)38-23-11-2)39-31(42)28-26(34(3,4)5)18-24-40(28)33(44)30(36(9)19-15-16-20-36)37(21-13-12-14-22-37)25-46(45)35(6,7)8/h11,26-28,30H,2,10,12-25H2,1,3-9H3,(H,38,43)(H,39,42)/t26-,27?,28-,30?,46?/m0/s1. The van der Waals surface area contributed by atoms with Crippen LogP contribution in [0.15, 0.2) is 12.7 Å². The van der Waals surface area contributed by atoms with Crippen LogP contribution in [-0.2, 0) is 30.0 Å². The van der Waals surface area contributed by atoms with Crippen LogP contribution in [0.4, 0.5) is 0 Å². The first kappa shape index (κ1) is 38.4. The first-order valence-electron chi connectivity index (χ1n) is 17.8. The summed E-state index contributed by atoms with van der Waals surface area (Å²) >= 11 is 0. The molecule has 2 N–H and O–H groups in total. The van der Waals surface area contributed by atoms with E-state index in [0.717, 1.165) is 57.8 Å². The predicted octanol–water partition coefficient (Wildman–Crippen LogP) is 6.10. The van der Waals surface area contributed by atoms with E-state index in [0.29, 0.717) is 31.6 Å². The lowest BCUT2D eigenvalue weighted by molar-refractivity contribution is -0.154. The van der Waals surface area contributed by atoms with E-state index >= 15 is 4.79 Å². The molecule has 0 radical (unpaired) electrons. The fourth-order valence-electron chi connectivity index (χ4n) is 8.68. The molecule has 1 aliphatic heterocycles. The van der Waals surface area contributed by atoms with Crippen molar-refractivity contribution in [2.75, 3.05) is 18.8 Å². The predicted molar refractivity (Wildman–Crippen MR) is 186 cm³/mol. The van der Waals surface area contributed by atoms with Crippen molar-refractivity contribution in [3.05, 3.63) is 12.7 Å². The number of nitrogens with zero attached hydrogens (tertiary/aromatic N) is 1. The molecule has 0 spiro atoms. The minimum absolute atomic E-state index is 0.0196. The second kappa shape index (κ2) is 15.5. The highest BCUT2D eigenvalue weighted by Gasteiger charge is 2.58. The number of ketones is 1. The fourth-order valence-corrected chi connectivity index (χ4v) is 10.1. The molecule has 0 aromatic heterocycles. The summed E-state index contributed by atoms with van der Waals surface area (Å²) in [6.45, 7) is 20.8. The summed E-state index contributed by atoms with van der Waals surface area (Å²) in [6, 6.07) is -1.72. The van der Waals surface area contributed by atoms with E-state index in [-0.39, 0.29) is 45.8 Å². The quantitative estimate of drug-likeness (QED) is 0.183. The van der Waals surface area contributed by atoms with Gasteiger partial charge >= 0.3 is 0 Å². The second-order valence-electron chi connectivity index (χ2n) is 16.8. The maximum absolute atomic E-state index is 15.3. The summed E-state index contributed by atoms with van der Waals surface area (Å²) < 4.78 is 13.5. The van der Waals surface area contributed by atoms with Crippen molar-refractivity contribution in [1.82, 2.24) is 15.5 Å². The largest absolute Gasteiger partial charge is 0.346 e. The topological polar surface area (TPSA) is 113 Å². The molecule has 2 saturated carbocycles. The maximum Gasteiger partial charge on any atom is 0.289 e. The molecule has 0 bridgehead atoms. The summed E-state index contributed by atoms with van der Waals surface area (Å²) in [5, 5.41) is 5.49. The molecule has 3 fully saturated rings. The summed E-state index contributed by atoms with van der Waals surface area (Å²) in [5.41, 5.74) is -0.898. The van der Waals surface area contributed by atoms with Crippen molar-refractivity contribution in [2.45, 2.75) is 149 Å². The molecule has 1 saturated heterocycles. The highest BCUT2D eigenvalue weighted by molar-refractivity contribution is 7.86. The number of likely N-dealkylation sites (tertiary alicyclic amines) is 1. The summed E-state index contributed by atoms with van der Waals surface area (Å²) in [7, 11) is -1.12. The van der Waals surface area contributed by atoms with Crippen molar-refractivity contribution in [2.24, 2.45) is 28.1 Å². The number of nitrogens with one attached hydrogen (secondary N) is 2. The van der Waals surface area contributed by atoms with E-state index in [2.05, 4.69) is 44.9 Å². The number of carbonyl (C=O) groups excluding carboxylic acids is 4. The van der Waals surface area contributed by atoms with E-state index < -0.39 is 40.0 Å². The van der Waals surface area contributed by atoms with Crippen molar-refractivity contribution in [3.8, 4) is 0 Å². The molecule has 2 aliphatic carbocycles. The second-order valence-corrected chi connectivity index (χ2v) is 19.0. The smallest absolute Gasteiger partial charge is 0.289 e. The average molecular weight is 662 g/mol. The zero-order chi connectivity index (χ0) is 34.5. The van der Waals surface area contributed by atoms with Gasteiger partial charge in [-0.15, -0.1) is 6.58 Å². The van der Waals surface area contributed by atoms with Crippen molar-refractivity contribution in [1.29, 1.82) is 0 Å². The van der Waals surface area contributed by atoms with Gasteiger partial charge in [0.1, 0.15) is 6.04 Å². The number of hydrogen-bond donors (Lipinski definition) is 2. The summed E-state index contributed by atoms with van der Waals surface area (Å²) in [4.78, 5) is 57.3. The van der Waals surface area contributed by atoms with Gasteiger partial charge in [0.05, 0.1) is 12.0 Å². The minimum atomic E-state index is -1.12. The molecular weight excluding hydrogens is 598 g/mol. The molecule has 3 amide bonds. The zero-order valence-corrected chi connectivity index (χ0v) is 30.9. The summed E-state index contributed by atoms with van der Waals surface area (Å²) in [6.07, 6.45) is 12.1. The van der Waals surface area contributed by atoms with Gasteiger partial charge in [-0.05, 0) is 81.5 Å². The van der Waals surface area contributed by atoms with Gasteiger partial charge < -0.3 is 15.5 Å². The van der Waals surface area contributed by atoms with Crippen LogP contribution >= 0.6 is 0 Å². The normalized spacial score (nSPS) is 24.9. The van der Waals surface area contributed by atoms with Crippen LogP contribution in [0.3, 0.4) is 0 Å². The van der Waals surface area contributed by atoms with E-state index in [9.17, 15) is 18.6 Å². The highest BCUT2D eigenvalue weighted by atomic mass is 32.2. The first-order chi connectivity index (χ1) is 21.4. The molecular formula is C37H63N3O5S. The molecule has 262 valence electrons. The Morgan fingerprint density at radius 1 is 0.978 bits per heavy atom. The van der Waals surface area contributed by atoms with Crippen LogP contribution < -0.4 is 10.6 Å². The fraction of sp³-hybridized carbons (Fsp3) is 0.838. The van der Waals surface area contributed by atoms with Gasteiger partial charge in [0.2, 0.25) is 17.6 Å². The third-order valence-corrected chi connectivity index (χ3v) is 13.4. The Hall–Kier alpha value is -2.03. The molecule has 46 heavy (non-hydrogen) atoms. The number of rotatable bonds is 13. The lowest BCUT2D eigenvalue weighted by atomic mass is 9.57. The zero-order valence-electron chi connectivity index (χ0n) is 30.1. The Balaban J connectivity index is 2.06. The van der Waals surface area contributed by atoms with Crippen LogP contribution in [0.1, 0.15) is 132 Å². The van der Waals surface area contributed by atoms with Gasteiger partial charge in [-0.25, -0.2) is 0 Å². The lowest BCUT2D eigenvalue weighted by Crippen LogP contribution is -2.59. The van der Waals surface area contributed by atoms with E-state index in [4.69, 9.17) is 0 Å². The van der Waals surface area contributed by atoms with Crippen LogP contribution in [0.25, 0.3) is 0 Å². The average Bonchev–Trinajstić information content (AvgIpc) is 3.62. The van der Waals surface area contributed by atoms with E-state index in [1.807, 2.05) is 32.6 Å². The van der Waals surface area contributed by atoms with Crippen LogP contribution in [0.2, 0.25) is 0 Å². The molecule has 9 heteroatoms. The lowest BCUT2D eigenvalue weighted by Gasteiger charge is -2.51. The van der Waals surface area contributed by atoms with Crippen molar-refractivity contribution in [3.63, 3.8) is 0 Å². The first-order valence-corrected chi connectivity index (χ1v) is 19.2. The van der Waals surface area contributed by atoms with Gasteiger partial charge in [-0.1, -0.05) is 79.2 Å². The van der Waals surface area contributed by atoms with Crippen molar-refractivity contribution < 1.29 is 23.4 Å². The SMILES string of the molecule is C=CCNC(=O)C(=O)C(CCC)NC(=O)[C@@H]1[C@@H](C(C)(C)C)CCN1C(=O)C(C1(C)CCCC1)C1(CS(=O)C(C)(C)C)CCCCC1. The Labute approximate surface area is 281 Å². The van der Waals surface area contributed by atoms with Crippen LogP contribution in [0, 0.1) is 28.1 Å². The van der Waals surface area contributed by atoms with Crippen LogP contribution in [0.5, 0.6) is 0 Å². The molecule has 1 heterocycles. The van der Waals surface area contributed by atoms with Crippen LogP contribution in [-0.4, -0.2) is 68.3 Å². The van der Waals surface area contributed by atoms with Gasteiger partial charge in [-0.3, -0.25) is 23.4 Å². The molecule has 3 aliphatic rings. The highest BCUT2D eigenvalue weighted by Crippen LogP contribution is 2.57. The Morgan fingerprint density at radius 2 is 1.57 bits per heavy atom. The minimum Gasteiger partial charge on any atom is -0.346 e. The number of amides is 3. The Morgan fingerprint density at radius 3 is 2.09 bits per heavy atom. The number of hydrogen-bond acceptors (Lipinski definition) is 5. The van der Waals surface area contributed by atoms with E-state index in [1.54, 1.807) is 0 Å². The molecule has 8 nitrogen and oxygen atoms in total. The molecule has 3 unspecified atom stereocenters. The Bertz CT molecular complexity index is 1140. The molecule has 0 aromatic carbocycles. The monoisotopic (exact) mass is 661 g/mol. The third kappa shape index (κ3) is 8.70. The molecule has 0 aromatic rings. The van der Waals surface area contributed by atoms with Gasteiger partial charge in [-0.2, -0.15) is 0 Å². The van der Waals surface area contributed by atoms with Gasteiger partial charge in [0.25, 0.3) is 5.91 Å². The molecule has 5 atom stereocenters. The van der Waals surface area contributed by atoms with E-state index in [1.165, 1.54) is 6.08 Å².